The molecule has 0 spiro atoms. The van der Waals surface area contributed by atoms with Gasteiger partial charge in [0.2, 0.25) is 5.91 Å². The number of piperidine rings is 1. The molecule has 0 aliphatic carbocycles. The lowest BCUT2D eigenvalue weighted by atomic mass is 9.89. The van der Waals surface area contributed by atoms with Gasteiger partial charge < -0.3 is 15.4 Å². The van der Waals surface area contributed by atoms with Crippen LogP contribution in [0.25, 0.3) is 0 Å². The molecule has 4 nitrogen and oxygen atoms in total. The lowest BCUT2D eigenvalue weighted by molar-refractivity contribution is -0.117. The van der Waals surface area contributed by atoms with Gasteiger partial charge in [0, 0.05) is 29.6 Å². The molecule has 1 aromatic rings. The molecule has 2 fully saturated rings. The van der Waals surface area contributed by atoms with Gasteiger partial charge in [0.05, 0.1) is 12.3 Å². The fourth-order valence-corrected chi connectivity index (χ4v) is 3.84. The van der Waals surface area contributed by atoms with Crippen LogP contribution in [-0.2, 0) is 4.79 Å². The Bertz CT molecular complexity index is 541. The Labute approximate surface area is 148 Å². The molecule has 1 aromatic carbocycles. The van der Waals surface area contributed by atoms with Crippen LogP contribution < -0.4 is 15.4 Å². The summed E-state index contributed by atoms with van der Waals surface area (Å²) in [7, 11) is 0. The first-order valence-corrected chi connectivity index (χ1v) is 8.50. The molecule has 0 saturated carbocycles. The molecule has 128 valence electrons. The standard InChI is InChI=1S/C17H23ClN2O2.ClH/c1-2-22-16-10-12(18)3-6-15(16)20-17(21)9-11-7-13-4-5-14(8-11)19-13;/h3,6,10-11,13-14,19H,2,4-5,7-9H2,1H3,(H,20,21);1H. The normalized spacial score (nSPS) is 25.6. The summed E-state index contributed by atoms with van der Waals surface area (Å²) >= 11 is 5.98. The summed E-state index contributed by atoms with van der Waals surface area (Å²) in [4.78, 5) is 12.3. The molecule has 6 heteroatoms. The van der Waals surface area contributed by atoms with E-state index in [0.29, 0.717) is 47.5 Å². The van der Waals surface area contributed by atoms with Gasteiger partial charge in [-0.15, -0.1) is 12.4 Å². The summed E-state index contributed by atoms with van der Waals surface area (Å²) in [5.41, 5.74) is 0.702. The fourth-order valence-electron chi connectivity index (χ4n) is 3.68. The molecule has 2 aliphatic heterocycles. The molecule has 2 unspecified atom stereocenters. The second-order valence-corrected chi connectivity index (χ2v) is 6.74. The van der Waals surface area contributed by atoms with Crippen molar-refractivity contribution in [3.8, 4) is 5.75 Å². The lowest BCUT2D eigenvalue weighted by Crippen LogP contribution is -2.39. The largest absolute Gasteiger partial charge is 0.492 e. The predicted octanol–water partition coefficient (Wildman–Crippen LogP) is 4.02. The number of carbonyl (C=O) groups excluding carboxylic acids is 1. The van der Waals surface area contributed by atoms with Crippen molar-refractivity contribution in [3.05, 3.63) is 23.2 Å². The van der Waals surface area contributed by atoms with Crippen LogP contribution in [0.1, 0.15) is 39.0 Å². The summed E-state index contributed by atoms with van der Waals surface area (Å²) in [6.07, 6.45) is 5.33. The molecule has 2 saturated heterocycles. The summed E-state index contributed by atoms with van der Waals surface area (Å²) in [5.74, 6) is 1.19. The van der Waals surface area contributed by atoms with Gasteiger partial charge in [-0.2, -0.15) is 0 Å². The highest BCUT2D eigenvalue weighted by molar-refractivity contribution is 6.30. The van der Waals surface area contributed by atoms with Gasteiger partial charge >= 0.3 is 0 Å². The molecule has 2 heterocycles. The van der Waals surface area contributed by atoms with Crippen LogP contribution in [0.3, 0.4) is 0 Å². The van der Waals surface area contributed by atoms with Crippen molar-refractivity contribution in [2.75, 3.05) is 11.9 Å². The number of rotatable bonds is 5. The van der Waals surface area contributed by atoms with Gasteiger partial charge in [0.25, 0.3) is 0 Å². The minimum Gasteiger partial charge on any atom is -0.492 e. The van der Waals surface area contributed by atoms with Crippen molar-refractivity contribution in [3.63, 3.8) is 0 Å². The van der Waals surface area contributed by atoms with Crippen LogP contribution in [0.2, 0.25) is 5.02 Å². The smallest absolute Gasteiger partial charge is 0.224 e. The van der Waals surface area contributed by atoms with Crippen LogP contribution in [-0.4, -0.2) is 24.6 Å². The number of ether oxygens (including phenoxy) is 1. The van der Waals surface area contributed by atoms with Gasteiger partial charge in [-0.1, -0.05) is 11.6 Å². The second-order valence-electron chi connectivity index (χ2n) is 6.30. The number of nitrogens with one attached hydrogen (secondary N) is 2. The number of halogens is 2. The Kier molecular flexibility index (Phi) is 6.57. The fraction of sp³-hybridized carbons (Fsp3) is 0.588. The van der Waals surface area contributed by atoms with E-state index in [9.17, 15) is 4.79 Å². The average molecular weight is 359 g/mol. The third-order valence-corrected chi connectivity index (χ3v) is 4.80. The zero-order valence-electron chi connectivity index (χ0n) is 13.3. The van der Waals surface area contributed by atoms with E-state index in [2.05, 4.69) is 10.6 Å². The first kappa shape index (κ1) is 18.4. The Balaban J connectivity index is 0.00000192. The second kappa shape index (κ2) is 8.22. The number of benzene rings is 1. The van der Waals surface area contributed by atoms with E-state index in [1.54, 1.807) is 18.2 Å². The van der Waals surface area contributed by atoms with Gasteiger partial charge in [-0.05, 0) is 50.7 Å². The van der Waals surface area contributed by atoms with Crippen molar-refractivity contribution >= 4 is 35.6 Å². The maximum atomic E-state index is 12.3. The molecule has 1 amide bonds. The van der Waals surface area contributed by atoms with Crippen molar-refractivity contribution < 1.29 is 9.53 Å². The molecule has 0 radical (unpaired) electrons. The molecule has 2 N–H and O–H groups in total. The summed E-state index contributed by atoms with van der Waals surface area (Å²) < 4.78 is 5.54. The van der Waals surface area contributed by atoms with E-state index in [1.165, 1.54) is 12.8 Å². The number of amides is 1. The lowest BCUT2D eigenvalue weighted by Gasteiger charge is -2.28. The molecule has 2 atom stereocenters. The van der Waals surface area contributed by atoms with E-state index in [0.717, 1.165) is 12.8 Å². The van der Waals surface area contributed by atoms with Crippen molar-refractivity contribution in [1.29, 1.82) is 0 Å². The molecule has 23 heavy (non-hydrogen) atoms. The zero-order valence-corrected chi connectivity index (χ0v) is 14.9. The van der Waals surface area contributed by atoms with Crippen LogP contribution in [0.4, 0.5) is 5.69 Å². The number of fused-ring (bicyclic) bond motifs is 2. The molecule has 3 rings (SSSR count). The highest BCUT2D eigenvalue weighted by Gasteiger charge is 2.34. The first-order valence-electron chi connectivity index (χ1n) is 8.12. The van der Waals surface area contributed by atoms with E-state index in [1.807, 2.05) is 6.92 Å². The molecule has 0 aromatic heterocycles. The summed E-state index contributed by atoms with van der Waals surface area (Å²) in [6, 6.07) is 6.55. The zero-order chi connectivity index (χ0) is 15.5. The van der Waals surface area contributed by atoms with Crippen LogP contribution in [0, 0.1) is 5.92 Å². The molecule has 2 aliphatic rings. The molecular formula is C17H24Cl2N2O2. The monoisotopic (exact) mass is 358 g/mol. The van der Waals surface area contributed by atoms with E-state index in [-0.39, 0.29) is 18.3 Å². The highest BCUT2D eigenvalue weighted by Crippen LogP contribution is 2.33. The highest BCUT2D eigenvalue weighted by atomic mass is 35.5. The Hall–Kier alpha value is -0.970. The topological polar surface area (TPSA) is 50.4 Å². The molecule has 2 bridgehead atoms. The average Bonchev–Trinajstić information content (AvgIpc) is 2.81. The Morgan fingerprint density at radius 1 is 1.35 bits per heavy atom. The predicted molar refractivity (Wildman–Crippen MR) is 95.8 cm³/mol. The number of hydrogen-bond donors (Lipinski definition) is 2. The Morgan fingerprint density at radius 2 is 2.04 bits per heavy atom. The van der Waals surface area contributed by atoms with Gasteiger partial charge in [-0.25, -0.2) is 0 Å². The summed E-state index contributed by atoms with van der Waals surface area (Å²) in [5, 5.41) is 7.19. The third kappa shape index (κ3) is 4.75. The van der Waals surface area contributed by atoms with Crippen LogP contribution >= 0.6 is 24.0 Å². The van der Waals surface area contributed by atoms with Gasteiger partial charge in [0.15, 0.2) is 0 Å². The number of anilines is 1. The summed E-state index contributed by atoms with van der Waals surface area (Å²) in [6.45, 7) is 2.46. The van der Waals surface area contributed by atoms with E-state index >= 15 is 0 Å². The Morgan fingerprint density at radius 3 is 2.70 bits per heavy atom. The number of carbonyl (C=O) groups is 1. The molecular weight excluding hydrogens is 335 g/mol. The maximum Gasteiger partial charge on any atom is 0.224 e. The van der Waals surface area contributed by atoms with Crippen molar-refractivity contribution in [1.82, 2.24) is 5.32 Å². The SMILES string of the molecule is CCOc1cc(Cl)ccc1NC(=O)CC1CC2CCC(C1)N2.Cl. The first-order chi connectivity index (χ1) is 10.6. The van der Waals surface area contributed by atoms with Crippen molar-refractivity contribution in [2.24, 2.45) is 5.92 Å². The minimum atomic E-state index is 0. The van der Waals surface area contributed by atoms with Crippen LogP contribution in [0.5, 0.6) is 5.75 Å². The van der Waals surface area contributed by atoms with Gasteiger partial charge in [-0.3, -0.25) is 4.79 Å². The quantitative estimate of drug-likeness (QED) is 0.835. The number of hydrogen-bond acceptors (Lipinski definition) is 3. The van der Waals surface area contributed by atoms with Crippen LogP contribution in [0.15, 0.2) is 18.2 Å². The third-order valence-electron chi connectivity index (χ3n) is 4.56. The van der Waals surface area contributed by atoms with E-state index < -0.39 is 0 Å². The van der Waals surface area contributed by atoms with E-state index in [4.69, 9.17) is 16.3 Å². The van der Waals surface area contributed by atoms with Crippen molar-refractivity contribution in [2.45, 2.75) is 51.1 Å². The van der Waals surface area contributed by atoms with Gasteiger partial charge in [0.1, 0.15) is 5.75 Å². The maximum absolute atomic E-state index is 12.3. The minimum absolute atomic E-state index is 0.